The van der Waals surface area contributed by atoms with Crippen LogP contribution in [0.5, 0.6) is 0 Å². The maximum absolute atomic E-state index is 12.7. The molecule has 6 heteroatoms. The quantitative estimate of drug-likeness (QED) is 0.732. The van der Waals surface area contributed by atoms with Crippen LogP contribution in [0.3, 0.4) is 0 Å². The van der Waals surface area contributed by atoms with Crippen molar-refractivity contribution in [2.75, 3.05) is 31.2 Å². The second kappa shape index (κ2) is 8.20. The predicted octanol–water partition coefficient (Wildman–Crippen LogP) is 4.07. The van der Waals surface area contributed by atoms with E-state index in [4.69, 9.17) is 4.74 Å². The fourth-order valence-electron chi connectivity index (χ4n) is 3.35. The molecule has 2 saturated heterocycles. The number of amides is 2. The molecule has 0 saturated carbocycles. The third-order valence-electron chi connectivity index (χ3n) is 5.03. The lowest BCUT2D eigenvalue weighted by atomic mass is 10.1. The van der Waals surface area contributed by atoms with Crippen molar-refractivity contribution in [3.63, 3.8) is 0 Å². The molecule has 0 aromatic heterocycles. The molecule has 0 spiro atoms. The first-order valence-corrected chi connectivity index (χ1v) is 10.2. The van der Waals surface area contributed by atoms with Crippen LogP contribution in [0.1, 0.15) is 16.7 Å². The molecule has 28 heavy (non-hydrogen) atoms. The summed E-state index contributed by atoms with van der Waals surface area (Å²) < 4.78 is 5.39. The lowest BCUT2D eigenvalue weighted by Crippen LogP contribution is -2.36. The number of benzene rings is 2. The molecule has 0 aliphatic carbocycles. The average molecular weight is 394 g/mol. The molecule has 2 aliphatic heterocycles. The zero-order chi connectivity index (χ0) is 19.5. The first-order chi connectivity index (χ1) is 13.6. The monoisotopic (exact) mass is 394 g/mol. The Bertz CT molecular complexity index is 918. The normalized spacial score (nSPS) is 19.0. The Morgan fingerprint density at radius 2 is 1.75 bits per heavy atom. The van der Waals surface area contributed by atoms with Gasteiger partial charge in [-0.2, -0.15) is 0 Å². The summed E-state index contributed by atoms with van der Waals surface area (Å²) in [5.41, 5.74) is 4.12. The minimum absolute atomic E-state index is 0.218. The zero-order valence-electron chi connectivity index (χ0n) is 15.8. The SMILES string of the molecule is Cc1ccccc1CN1C(=O)S/C(=C\c2ccc(N3CCOCC3)cc2)C1=O. The van der Waals surface area contributed by atoms with Crippen LogP contribution in [0.2, 0.25) is 0 Å². The Kier molecular flexibility index (Phi) is 5.50. The molecule has 2 heterocycles. The minimum atomic E-state index is -0.226. The summed E-state index contributed by atoms with van der Waals surface area (Å²) in [5.74, 6) is -0.226. The molecular weight excluding hydrogens is 372 g/mol. The number of carbonyl (C=O) groups excluding carboxylic acids is 2. The molecule has 0 N–H and O–H groups in total. The van der Waals surface area contributed by atoms with Crippen molar-refractivity contribution in [3.05, 3.63) is 70.1 Å². The molecule has 2 aromatic carbocycles. The predicted molar refractivity (Wildman–Crippen MR) is 112 cm³/mol. The van der Waals surface area contributed by atoms with Gasteiger partial charge in [0.15, 0.2) is 0 Å². The number of carbonyl (C=O) groups is 2. The van der Waals surface area contributed by atoms with Gasteiger partial charge in [-0.05, 0) is 53.6 Å². The van der Waals surface area contributed by atoms with Gasteiger partial charge < -0.3 is 9.64 Å². The highest BCUT2D eigenvalue weighted by molar-refractivity contribution is 8.18. The van der Waals surface area contributed by atoms with Crippen LogP contribution in [-0.2, 0) is 16.1 Å². The molecule has 2 aromatic rings. The van der Waals surface area contributed by atoms with Gasteiger partial charge in [-0.1, -0.05) is 36.4 Å². The van der Waals surface area contributed by atoms with Gasteiger partial charge >= 0.3 is 0 Å². The number of nitrogens with zero attached hydrogens (tertiary/aromatic N) is 2. The van der Waals surface area contributed by atoms with Crippen LogP contribution >= 0.6 is 11.8 Å². The van der Waals surface area contributed by atoms with E-state index in [9.17, 15) is 9.59 Å². The van der Waals surface area contributed by atoms with Crippen molar-refractivity contribution in [2.24, 2.45) is 0 Å². The van der Waals surface area contributed by atoms with Crippen LogP contribution in [0.15, 0.2) is 53.4 Å². The number of hydrogen-bond acceptors (Lipinski definition) is 5. The minimum Gasteiger partial charge on any atom is -0.378 e. The topological polar surface area (TPSA) is 49.9 Å². The van der Waals surface area contributed by atoms with Crippen LogP contribution in [0, 0.1) is 6.92 Å². The fraction of sp³-hybridized carbons (Fsp3) is 0.273. The van der Waals surface area contributed by atoms with E-state index in [-0.39, 0.29) is 11.1 Å². The Hall–Kier alpha value is -2.57. The summed E-state index contributed by atoms with van der Waals surface area (Å²) in [6.07, 6.45) is 1.80. The van der Waals surface area contributed by atoms with E-state index in [1.54, 1.807) is 6.08 Å². The van der Waals surface area contributed by atoms with Gasteiger partial charge in [-0.3, -0.25) is 14.5 Å². The number of morpholine rings is 1. The number of thioether (sulfide) groups is 1. The van der Waals surface area contributed by atoms with Crippen LogP contribution in [0.4, 0.5) is 10.5 Å². The van der Waals surface area contributed by atoms with Gasteiger partial charge in [0.2, 0.25) is 0 Å². The summed E-state index contributed by atoms with van der Waals surface area (Å²) in [6, 6.07) is 15.9. The van der Waals surface area contributed by atoms with Crippen molar-refractivity contribution >= 4 is 34.7 Å². The lowest BCUT2D eigenvalue weighted by Gasteiger charge is -2.28. The van der Waals surface area contributed by atoms with Gasteiger partial charge in [0.1, 0.15) is 0 Å². The van der Waals surface area contributed by atoms with E-state index in [1.165, 1.54) is 4.90 Å². The van der Waals surface area contributed by atoms with Crippen molar-refractivity contribution in [3.8, 4) is 0 Å². The van der Waals surface area contributed by atoms with Crippen LogP contribution < -0.4 is 4.90 Å². The van der Waals surface area contributed by atoms with Crippen molar-refractivity contribution in [1.29, 1.82) is 0 Å². The van der Waals surface area contributed by atoms with Crippen molar-refractivity contribution in [2.45, 2.75) is 13.5 Å². The molecule has 2 aliphatic rings. The van der Waals surface area contributed by atoms with E-state index in [2.05, 4.69) is 17.0 Å². The van der Waals surface area contributed by atoms with Gasteiger partial charge in [0.25, 0.3) is 11.1 Å². The highest BCUT2D eigenvalue weighted by Gasteiger charge is 2.35. The zero-order valence-corrected chi connectivity index (χ0v) is 16.6. The second-order valence-corrected chi connectivity index (χ2v) is 7.88. The summed E-state index contributed by atoms with van der Waals surface area (Å²) in [4.78, 5) is 29.2. The molecule has 5 nitrogen and oxygen atoms in total. The van der Waals surface area contributed by atoms with Gasteiger partial charge in [0, 0.05) is 18.8 Å². The van der Waals surface area contributed by atoms with Crippen LogP contribution in [-0.4, -0.2) is 42.3 Å². The smallest absolute Gasteiger partial charge is 0.293 e. The standard InChI is InChI=1S/C22H22N2O3S/c1-16-4-2-3-5-18(16)15-24-21(25)20(28-22(24)26)14-17-6-8-19(9-7-17)23-10-12-27-13-11-23/h2-9,14H,10-13,15H2,1H3/b20-14-. The van der Waals surface area contributed by atoms with E-state index in [0.717, 1.165) is 60.4 Å². The third kappa shape index (κ3) is 3.98. The summed E-state index contributed by atoms with van der Waals surface area (Å²) in [7, 11) is 0. The van der Waals surface area contributed by atoms with Gasteiger partial charge in [0.05, 0.1) is 24.7 Å². The molecule has 4 rings (SSSR count). The highest BCUT2D eigenvalue weighted by atomic mass is 32.2. The van der Waals surface area contributed by atoms with E-state index in [0.29, 0.717) is 11.4 Å². The number of imide groups is 1. The first kappa shape index (κ1) is 18.8. The maximum atomic E-state index is 12.7. The Morgan fingerprint density at radius 1 is 1.04 bits per heavy atom. The summed E-state index contributed by atoms with van der Waals surface area (Å²) in [6.45, 7) is 5.56. The molecule has 144 valence electrons. The number of ether oxygens (including phenoxy) is 1. The average Bonchev–Trinajstić information content (AvgIpc) is 2.98. The first-order valence-electron chi connectivity index (χ1n) is 9.34. The maximum Gasteiger partial charge on any atom is 0.293 e. The molecule has 0 unspecified atom stereocenters. The fourth-order valence-corrected chi connectivity index (χ4v) is 4.19. The largest absolute Gasteiger partial charge is 0.378 e. The van der Waals surface area contributed by atoms with Gasteiger partial charge in [-0.15, -0.1) is 0 Å². The second-order valence-electron chi connectivity index (χ2n) is 6.89. The van der Waals surface area contributed by atoms with Crippen LogP contribution in [0.25, 0.3) is 6.08 Å². The molecule has 2 fully saturated rings. The van der Waals surface area contributed by atoms with E-state index < -0.39 is 0 Å². The molecule has 0 radical (unpaired) electrons. The van der Waals surface area contributed by atoms with Crippen molar-refractivity contribution in [1.82, 2.24) is 4.90 Å². The van der Waals surface area contributed by atoms with Crippen molar-refractivity contribution < 1.29 is 14.3 Å². The summed E-state index contributed by atoms with van der Waals surface area (Å²) >= 11 is 1.01. The third-order valence-corrected chi connectivity index (χ3v) is 5.94. The number of anilines is 1. The molecular formula is C22H22N2O3S. The molecule has 2 amide bonds. The Morgan fingerprint density at radius 3 is 2.46 bits per heavy atom. The number of aryl methyl sites for hydroxylation is 1. The molecule has 0 atom stereocenters. The Balaban J connectivity index is 1.48. The highest BCUT2D eigenvalue weighted by Crippen LogP contribution is 2.33. The molecule has 0 bridgehead atoms. The number of rotatable bonds is 4. The lowest BCUT2D eigenvalue weighted by molar-refractivity contribution is -0.123. The Labute approximate surface area is 169 Å². The van der Waals surface area contributed by atoms with E-state index >= 15 is 0 Å². The number of hydrogen-bond donors (Lipinski definition) is 0. The summed E-state index contributed by atoms with van der Waals surface area (Å²) in [5, 5.41) is -0.218. The van der Waals surface area contributed by atoms with E-state index in [1.807, 2.05) is 43.3 Å². The van der Waals surface area contributed by atoms with Gasteiger partial charge in [-0.25, -0.2) is 0 Å².